The molecule has 3 nitrogen and oxygen atoms in total. The molecule has 5 heteroatoms. The summed E-state index contributed by atoms with van der Waals surface area (Å²) in [4.78, 5) is 8.22. The third-order valence-corrected chi connectivity index (χ3v) is 2.66. The topological polar surface area (TPSA) is 30.7 Å². The summed E-state index contributed by atoms with van der Waals surface area (Å²) >= 11 is 7.33. The van der Waals surface area contributed by atoms with Crippen LogP contribution in [0.2, 0.25) is 0 Å². The number of nitrogens with zero attached hydrogens (tertiary/aromatic N) is 3. The van der Waals surface area contributed by atoms with Gasteiger partial charge in [-0.15, -0.1) is 22.9 Å². The molecule has 13 heavy (non-hydrogen) atoms. The minimum Gasteiger partial charge on any atom is -0.327 e. The number of alkyl halides is 1. The van der Waals surface area contributed by atoms with Crippen molar-refractivity contribution in [3.8, 4) is 0 Å². The molecule has 0 saturated carbocycles. The summed E-state index contributed by atoms with van der Waals surface area (Å²) in [6.45, 7) is 0.756. The summed E-state index contributed by atoms with van der Waals surface area (Å²) in [6.07, 6.45) is 3.55. The first-order valence-electron chi connectivity index (χ1n) is 3.82. The first kappa shape index (κ1) is 8.72. The summed E-state index contributed by atoms with van der Waals surface area (Å²) in [6, 6.07) is 0. The second-order valence-corrected chi connectivity index (χ2v) is 3.61. The highest BCUT2D eigenvalue weighted by Gasteiger charge is 2.01. The molecule has 0 unspecified atom stereocenters. The minimum absolute atomic E-state index is 0.490. The predicted octanol–water partition coefficient (Wildman–Crippen LogP) is 2.13. The van der Waals surface area contributed by atoms with Gasteiger partial charge in [0.2, 0.25) is 0 Å². The van der Waals surface area contributed by atoms with Crippen LogP contribution >= 0.6 is 22.9 Å². The van der Waals surface area contributed by atoms with E-state index in [2.05, 4.69) is 9.97 Å². The van der Waals surface area contributed by atoms with E-state index in [9.17, 15) is 0 Å². The van der Waals surface area contributed by atoms with E-state index < -0.39 is 0 Å². The monoisotopic (exact) mass is 213 g/mol. The van der Waals surface area contributed by atoms with E-state index >= 15 is 0 Å². The fourth-order valence-corrected chi connectivity index (χ4v) is 1.86. The summed E-state index contributed by atoms with van der Waals surface area (Å²) < 4.78 is 2.00. The van der Waals surface area contributed by atoms with Gasteiger partial charge in [0.1, 0.15) is 0 Å². The standard InChI is InChI=1S/C8H8ClN3S/c9-1-8-2-10-5-12(8)3-7-4-13-6-11-7/h2,4-6H,1,3H2. The highest BCUT2D eigenvalue weighted by Crippen LogP contribution is 2.08. The Morgan fingerprint density at radius 1 is 1.54 bits per heavy atom. The summed E-state index contributed by atoms with van der Waals surface area (Å²) in [5.74, 6) is 0.490. The van der Waals surface area contributed by atoms with E-state index in [-0.39, 0.29) is 0 Å². The molecule has 0 aliphatic heterocycles. The molecule has 0 atom stereocenters. The lowest BCUT2D eigenvalue weighted by Crippen LogP contribution is -2.01. The van der Waals surface area contributed by atoms with E-state index in [1.165, 1.54) is 0 Å². The van der Waals surface area contributed by atoms with Gasteiger partial charge < -0.3 is 4.57 Å². The number of rotatable bonds is 3. The van der Waals surface area contributed by atoms with Gasteiger partial charge >= 0.3 is 0 Å². The molecule has 0 fully saturated rings. The largest absolute Gasteiger partial charge is 0.327 e. The third kappa shape index (κ3) is 1.89. The Hall–Kier alpha value is -0.870. The van der Waals surface area contributed by atoms with Gasteiger partial charge in [0.05, 0.1) is 35.7 Å². The molecule has 0 amide bonds. The zero-order valence-electron chi connectivity index (χ0n) is 6.85. The lowest BCUT2D eigenvalue weighted by atomic mass is 10.4. The van der Waals surface area contributed by atoms with Gasteiger partial charge in [0.25, 0.3) is 0 Å². The molecule has 0 spiro atoms. The minimum atomic E-state index is 0.490. The van der Waals surface area contributed by atoms with Crippen LogP contribution in [-0.4, -0.2) is 14.5 Å². The number of hydrogen-bond donors (Lipinski definition) is 0. The van der Waals surface area contributed by atoms with E-state index in [4.69, 9.17) is 11.6 Å². The Labute approximate surface area is 85.0 Å². The van der Waals surface area contributed by atoms with Crippen LogP contribution in [0.1, 0.15) is 11.4 Å². The third-order valence-electron chi connectivity index (χ3n) is 1.75. The number of imidazole rings is 1. The van der Waals surface area contributed by atoms with E-state index in [1.54, 1.807) is 23.9 Å². The maximum absolute atomic E-state index is 5.73. The van der Waals surface area contributed by atoms with Crippen molar-refractivity contribution >= 4 is 22.9 Å². The number of hydrogen-bond acceptors (Lipinski definition) is 3. The van der Waals surface area contributed by atoms with Crippen LogP contribution in [0.5, 0.6) is 0 Å². The van der Waals surface area contributed by atoms with Crippen molar-refractivity contribution in [1.82, 2.24) is 14.5 Å². The molecular weight excluding hydrogens is 206 g/mol. The number of thiazole rings is 1. The molecule has 0 bridgehead atoms. The molecule has 0 aliphatic carbocycles. The van der Waals surface area contributed by atoms with E-state index in [1.807, 2.05) is 15.5 Å². The molecule has 2 aromatic rings. The van der Waals surface area contributed by atoms with Crippen LogP contribution in [0.15, 0.2) is 23.4 Å². The Kier molecular flexibility index (Phi) is 2.61. The van der Waals surface area contributed by atoms with Crippen molar-refractivity contribution < 1.29 is 0 Å². The molecule has 0 radical (unpaired) electrons. The Morgan fingerprint density at radius 3 is 3.15 bits per heavy atom. The molecule has 0 N–H and O–H groups in total. The van der Waals surface area contributed by atoms with Crippen LogP contribution in [0.3, 0.4) is 0 Å². The Bertz CT molecular complexity index is 368. The second kappa shape index (κ2) is 3.89. The SMILES string of the molecule is ClCc1cncn1Cc1cscn1. The van der Waals surface area contributed by atoms with Crippen LogP contribution in [0.25, 0.3) is 0 Å². The molecule has 68 valence electrons. The van der Waals surface area contributed by atoms with Crippen LogP contribution in [0.4, 0.5) is 0 Å². The fraction of sp³-hybridized carbons (Fsp3) is 0.250. The highest BCUT2D eigenvalue weighted by atomic mass is 35.5. The quantitative estimate of drug-likeness (QED) is 0.732. The van der Waals surface area contributed by atoms with Crippen LogP contribution in [0, 0.1) is 0 Å². The zero-order chi connectivity index (χ0) is 9.10. The van der Waals surface area contributed by atoms with Crippen molar-refractivity contribution in [2.24, 2.45) is 0 Å². The lowest BCUT2D eigenvalue weighted by Gasteiger charge is -2.02. The first-order valence-corrected chi connectivity index (χ1v) is 5.30. The number of aromatic nitrogens is 3. The molecule has 2 aromatic heterocycles. The predicted molar refractivity (Wildman–Crippen MR) is 53.0 cm³/mol. The van der Waals surface area contributed by atoms with Crippen molar-refractivity contribution in [1.29, 1.82) is 0 Å². The summed E-state index contributed by atoms with van der Waals surface area (Å²) in [7, 11) is 0. The fourth-order valence-electron chi connectivity index (χ4n) is 1.09. The zero-order valence-corrected chi connectivity index (χ0v) is 8.42. The smallest absolute Gasteiger partial charge is 0.0952 e. The highest BCUT2D eigenvalue weighted by molar-refractivity contribution is 7.07. The molecule has 2 heterocycles. The van der Waals surface area contributed by atoms with Crippen molar-refractivity contribution in [2.45, 2.75) is 12.4 Å². The maximum atomic E-state index is 5.73. The van der Waals surface area contributed by atoms with Crippen LogP contribution in [-0.2, 0) is 12.4 Å². The summed E-state index contributed by atoms with van der Waals surface area (Å²) in [5, 5.41) is 2.03. The summed E-state index contributed by atoms with van der Waals surface area (Å²) in [5.41, 5.74) is 3.90. The van der Waals surface area contributed by atoms with Gasteiger partial charge in [-0.1, -0.05) is 0 Å². The molecule has 0 aromatic carbocycles. The molecular formula is C8H8ClN3S. The Morgan fingerprint density at radius 2 is 2.46 bits per heavy atom. The second-order valence-electron chi connectivity index (χ2n) is 2.63. The normalized spacial score (nSPS) is 10.5. The molecule has 0 saturated heterocycles. The van der Waals surface area contributed by atoms with E-state index in [0.717, 1.165) is 17.9 Å². The maximum Gasteiger partial charge on any atom is 0.0952 e. The van der Waals surface area contributed by atoms with Crippen molar-refractivity contribution in [3.05, 3.63) is 34.8 Å². The molecule has 0 aliphatic rings. The molecule has 2 rings (SSSR count). The average Bonchev–Trinajstić information content (AvgIpc) is 2.76. The Balaban J connectivity index is 2.18. The van der Waals surface area contributed by atoms with Gasteiger partial charge in [0.15, 0.2) is 0 Å². The van der Waals surface area contributed by atoms with Gasteiger partial charge in [-0.3, -0.25) is 0 Å². The first-order chi connectivity index (χ1) is 6.40. The van der Waals surface area contributed by atoms with Crippen molar-refractivity contribution in [3.63, 3.8) is 0 Å². The average molecular weight is 214 g/mol. The van der Waals surface area contributed by atoms with Gasteiger partial charge in [0, 0.05) is 11.6 Å². The van der Waals surface area contributed by atoms with E-state index in [0.29, 0.717) is 5.88 Å². The van der Waals surface area contributed by atoms with Gasteiger partial charge in [-0.25, -0.2) is 9.97 Å². The van der Waals surface area contributed by atoms with Gasteiger partial charge in [-0.2, -0.15) is 0 Å². The van der Waals surface area contributed by atoms with Crippen molar-refractivity contribution in [2.75, 3.05) is 0 Å². The van der Waals surface area contributed by atoms with Gasteiger partial charge in [-0.05, 0) is 0 Å². The number of halogens is 1. The lowest BCUT2D eigenvalue weighted by molar-refractivity contribution is 0.749. The van der Waals surface area contributed by atoms with Crippen LogP contribution < -0.4 is 0 Å².